The van der Waals surface area contributed by atoms with Crippen molar-refractivity contribution in [1.82, 2.24) is 0 Å². The number of methoxy groups -OCH3 is 1. The number of nitrogens with two attached hydrogens (primary N) is 1. The van der Waals surface area contributed by atoms with E-state index in [0.717, 1.165) is 6.04 Å². The molecule has 0 aliphatic carbocycles. The van der Waals surface area contributed by atoms with Gasteiger partial charge in [0.1, 0.15) is 6.23 Å². The Labute approximate surface area is 58.4 Å². The lowest BCUT2D eigenvalue weighted by atomic mass is 10.7. The Kier molecular flexibility index (Phi) is 3.39. The average Bonchev–Trinajstić information content (AvgIpc) is 1.62. The minimum Gasteiger partial charge on any atom is -0.367 e. The Hall–Kier alpha value is 0.137. The third kappa shape index (κ3) is 6.02. The van der Waals surface area contributed by atoms with Crippen molar-refractivity contribution in [2.24, 2.45) is 5.73 Å². The zero-order valence-electron chi connectivity index (χ0n) is 6.77. The van der Waals surface area contributed by atoms with Crippen LogP contribution in [0.15, 0.2) is 0 Å². The van der Waals surface area contributed by atoms with Gasteiger partial charge >= 0.3 is 0 Å². The Balaban J connectivity index is 3.47. The number of ether oxygens (including phenoxy) is 1. The molecule has 3 heteroatoms. The molecule has 2 N–H and O–H groups in total. The highest BCUT2D eigenvalue weighted by atomic mass is 28.3. The van der Waals surface area contributed by atoms with Crippen LogP contribution in [0.4, 0.5) is 0 Å². The van der Waals surface area contributed by atoms with Crippen LogP contribution in [0.5, 0.6) is 0 Å². The first kappa shape index (κ1) is 9.14. The van der Waals surface area contributed by atoms with Gasteiger partial charge in [-0.3, -0.25) is 0 Å². The second-order valence-electron chi connectivity index (χ2n) is 3.54. The van der Waals surface area contributed by atoms with Crippen LogP contribution in [0.3, 0.4) is 0 Å². The Bertz CT molecular complexity index is 79.6. The molecule has 0 bridgehead atoms. The lowest BCUT2D eigenvalue weighted by molar-refractivity contribution is 0.123. The van der Waals surface area contributed by atoms with E-state index >= 15 is 0 Å². The summed E-state index contributed by atoms with van der Waals surface area (Å²) >= 11 is 0. The third-order valence-electron chi connectivity index (χ3n) is 1.12. The molecule has 2 nitrogen and oxygen atoms in total. The van der Waals surface area contributed by atoms with Gasteiger partial charge in [-0.05, 0) is 6.04 Å². The smallest absolute Gasteiger partial charge is 0.102 e. The molecule has 0 radical (unpaired) electrons. The molecule has 0 aliphatic heterocycles. The van der Waals surface area contributed by atoms with E-state index in [1.54, 1.807) is 7.11 Å². The van der Waals surface area contributed by atoms with Crippen molar-refractivity contribution in [3.8, 4) is 0 Å². The first-order valence-electron chi connectivity index (χ1n) is 3.24. The second kappa shape index (κ2) is 3.34. The van der Waals surface area contributed by atoms with E-state index in [2.05, 4.69) is 19.6 Å². The first-order chi connectivity index (χ1) is 3.95. The van der Waals surface area contributed by atoms with Gasteiger partial charge < -0.3 is 10.5 Å². The van der Waals surface area contributed by atoms with Gasteiger partial charge in [0.25, 0.3) is 0 Å². The van der Waals surface area contributed by atoms with Crippen LogP contribution in [0.1, 0.15) is 0 Å². The van der Waals surface area contributed by atoms with Gasteiger partial charge in [-0.15, -0.1) is 0 Å². The predicted octanol–water partition coefficient (Wildman–Crippen LogP) is 1.26. The average molecular weight is 147 g/mol. The summed E-state index contributed by atoms with van der Waals surface area (Å²) in [4.78, 5) is 0. The summed E-state index contributed by atoms with van der Waals surface area (Å²) in [6.07, 6.45) is -0.0448. The molecular formula is C6H17NOSi. The SMILES string of the molecule is COC(N)C[Si](C)(C)C. The van der Waals surface area contributed by atoms with Crippen LogP contribution in [0.2, 0.25) is 25.7 Å². The molecule has 1 atom stereocenters. The highest BCUT2D eigenvalue weighted by Gasteiger charge is 2.16. The minimum absolute atomic E-state index is 0.0448. The molecule has 0 rings (SSSR count). The maximum Gasteiger partial charge on any atom is 0.102 e. The molecule has 0 amide bonds. The summed E-state index contributed by atoms with van der Waals surface area (Å²) < 4.78 is 4.94. The van der Waals surface area contributed by atoms with Gasteiger partial charge in [0.15, 0.2) is 0 Å². The topological polar surface area (TPSA) is 35.2 Å². The van der Waals surface area contributed by atoms with Gasteiger partial charge in [-0.1, -0.05) is 19.6 Å². The van der Waals surface area contributed by atoms with E-state index in [0.29, 0.717) is 0 Å². The van der Waals surface area contributed by atoms with Crippen molar-refractivity contribution in [1.29, 1.82) is 0 Å². The highest BCUT2D eigenvalue weighted by Crippen LogP contribution is 2.09. The fourth-order valence-electron chi connectivity index (χ4n) is 0.687. The maximum absolute atomic E-state index is 5.57. The van der Waals surface area contributed by atoms with E-state index in [1.165, 1.54) is 0 Å². The van der Waals surface area contributed by atoms with E-state index in [4.69, 9.17) is 10.5 Å². The molecule has 0 aromatic rings. The number of hydrogen-bond donors (Lipinski definition) is 1. The summed E-state index contributed by atoms with van der Waals surface area (Å²) in [7, 11) is 0.666. The lowest BCUT2D eigenvalue weighted by Gasteiger charge is -2.19. The molecule has 0 saturated heterocycles. The van der Waals surface area contributed by atoms with Crippen LogP contribution < -0.4 is 5.73 Å². The van der Waals surface area contributed by atoms with E-state index in [-0.39, 0.29) is 6.23 Å². The normalized spacial score (nSPS) is 15.7. The quantitative estimate of drug-likeness (QED) is 0.482. The van der Waals surface area contributed by atoms with Gasteiger partial charge in [0.2, 0.25) is 0 Å². The molecule has 0 heterocycles. The second-order valence-corrected chi connectivity index (χ2v) is 9.07. The summed E-state index contributed by atoms with van der Waals surface area (Å²) in [6.45, 7) is 6.85. The predicted molar refractivity (Wildman–Crippen MR) is 43.1 cm³/mol. The van der Waals surface area contributed by atoms with Crippen molar-refractivity contribution in [2.75, 3.05) is 7.11 Å². The highest BCUT2D eigenvalue weighted by molar-refractivity contribution is 6.76. The van der Waals surface area contributed by atoms with Crippen molar-refractivity contribution < 1.29 is 4.74 Å². The summed E-state index contributed by atoms with van der Waals surface area (Å²) in [5.41, 5.74) is 5.57. The van der Waals surface area contributed by atoms with E-state index in [9.17, 15) is 0 Å². The molecule has 9 heavy (non-hydrogen) atoms. The number of hydrogen-bond acceptors (Lipinski definition) is 2. The fraction of sp³-hybridized carbons (Fsp3) is 1.00. The zero-order chi connectivity index (χ0) is 7.49. The molecule has 56 valence electrons. The molecule has 0 spiro atoms. The summed E-state index contributed by atoms with van der Waals surface area (Å²) in [5, 5.41) is 0. The van der Waals surface area contributed by atoms with Crippen LogP contribution >= 0.6 is 0 Å². The van der Waals surface area contributed by atoms with Crippen molar-refractivity contribution in [2.45, 2.75) is 31.9 Å². The molecular weight excluding hydrogens is 130 g/mol. The summed E-state index contributed by atoms with van der Waals surface area (Å²) in [5.74, 6) is 0. The van der Waals surface area contributed by atoms with Crippen molar-refractivity contribution in [3.05, 3.63) is 0 Å². The van der Waals surface area contributed by atoms with Crippen molar-refractivity contribution in [3.63, 3.8) is 0 Å². The van der Waals surface area contributed by atoms with Crippen LogP contribution in [-0.4, -0.2) is 21.4 Å². The monoisotopic (exact) mass is 147 g/mol. The molecule has 0 fully saturated rings. The van der Waals surface area contributed by atoms with Crippen LogP contribution in [0, 0.1) is 0 Å². The fourth-order valence-corrected chi connectivity index (χ4v) is 2.06. The van der Waals surface area contributed by atoms with Gasteiger partial charge in [0.05, 0.1) is 0 Å². The van der Waals surface area contributed by atoms with E-state index < -0.39 is 8.07 Å². The molecule has 0 aliphatic rings. The van der Waals surface area contributed by atoms with Crippen LogP contribution in [-0.2, 0) is 4.74 Å². The lowest BCUT2D eigenvalue weighted by Crippen LogP contribution is -2.33. The standard InChI is InChI=1S/C6H17NOSi/c1-8-6(7)5-9(2,3)4/h6H,5,7H2,1-4H3. The summed E-state index contributed by atoms with van der Waals surface area (Å²) in [6, 6.07) is 1.05. The van der Waals surface area contributed by atoms with Crippen molar-refractivity contribution >= 4 is 8.07 Å². The Morgan fingerprint density at radius 1 is 1.44 bits per heavy atom. The van der Waals surface area contributed by atoms with Crippen LogP contribution in [0.25, 0.3) is 0 Å². The minimum atomic E-state index is -0.991. The molecule has 1 unspecified atom stereocenters. The third-order valence-corrected chi connectivity index (χ3v) is 2.74. The zero-order valence-corrected chi connectivity index (χ0v) is 7.77. The first-order valence-corrected chi connectivity index (χ1v) is 6.95. The maximum atomic E-state index is 5.57. The Morgan fingerprint density at radius 3 is 2.00 bits per heavy atom. The van der Waals surface area contributed by atoms with E-state index in [1.807, 2.05) is 0 Å². The molecule has 0 saturated carbocycles. The number of rotatable bonds is 3. The molecule has 0 aromatic carbocycles. The largest absolute Gasteiger partial charge is 0.367 e. The van der Waals surface area contributed by atoms with Gasteiger partial charge in [-0.25, -0.2) is 0 Å². The molecule has 0 aromatic heterocycles. The van der Waals surface area contributed by atoms with Gasteiger partial charge in [0, 0.05) is 15.2 Å². The van der Waals surface area contributed by atoms with Gasteiger partial charge in [-0.2, -0.15) is 0 Å². The Morgan fingerprint density at radius 2 is 1.89 bits per heavy atom.